The predicted octanol–water partition coefficient (Wildman–Crippen LogP) is 6.59. The zero-order valence-corrected chi connectivity index (χ0v) is 22.1. The van der Waals surface area contributed by atoms with Gasteiger partial charge in [-0.3, -0.25) is 9.69 Å². The lowest BCUT2D eigenvalue weighted by Crippen LogP contribution is -2.33. The Labute approximate surface area is 216 Å². The van der Waals surface area contributed by atoms with Crippen LogP contribution in [0.25, 0.3) is 0 Å². The first-order valence-electron chi connectivity index (χ1n) is 13.1. The van der Waals surface area contributed by atoms with E-state index in [0.717, 1.165) is 36.8 Å². The lowest BCUT2D eigenvalue weighted by atomic mass is 9.86. The molecule has 0 spiro atoms. The van der Waals surface area contributed by atoms with Crippen LogP contribution in [0.1, 0.15) is 73.1 Å². The summed E-state index contributed by atoms with van der Waals surface area (Å²) >= 11 is 0. The normalized spacial score (nSPS) is 15.6. The van der Waals surface area contributed by atoms with E-state index in [0.29, 0.717) is 5.56 Å². The molecule has 1 aliphatic rings. The Bertz CT molecular complexity index is 1150. The minimum absolute atomic E-state index is 0.114. The molecule has 0 aliphatic carbocycles. The van der Waals surface area contributed by atoms with Crippen LogP contribution in [0.2, 0.25) is 0 Å². The number of benzene rings is 3. The van der Waals surface area contributed by atoms with Crippen LogP contribution in [0.3, 0.4) is 0 Å². The molecule has 4 rings (SSSR count). The van der Waals surface area contributed by atoms with E-state index in [2.05, 4.69) is 103 Å². The van der Waals surface area contributed by atoms with Gasteiger partial charge in [0.25, 0.3) is 5.91 Å². The highest BCUT2D eigenvalue weighted by atomic mass is 16.2. The first-order valence-corrected chi connectivity index (χ1v) is 13.1. The van der Waals surface area contributed by atoms with Crippen molar-refractivity contribution in [2.75, 3.05) is 13.1 Å². The van der Waals surface area contributed by atoms with E-state index in [1.54, 1.807) is 0 Å². The van der Waals surface area contributed by atoms with Crippen LogP contribution in [0.5, 0.6) is 0 Å². The number of carbonyl (C=O) groups excluding carboxylic acids is 1. The molecular formula is C32H39N3O. The zero-order chi connectivity index (χ0) is 25.5. The van der Waals surface area contributed by atoms with Crippen LogP contribution in [0.4, 0.5) is 0 Å². The van der Waals surface area contributed by atoms with Gasteiger partial charge >= 0.3 is 0 Å². The summed E-state index contributed by atoms with van der Waals surface area (Å²) in [7, 11) is 0. The van der Waals surface area contributed by atoms with Crippen molar-refractivity contribution in [1.29, 1.82) is 0 Å². The van der Waals surface area contributed by atoms with Crippen molar-refractivity contribution in [2.45, 2.75) is 58.9 Å². The quantitative estimate of drug-likeness (QED) is 0.305. The fourth-order valence-electron chi connectivity index (χ4n) is 4.79. The smallest absolute Gasteiger partial charge is 0.271 e. The highest BCUT2D eigenvalue weighted by Crippen LogP contribution is 2.24. The average molecular weight is 482 g/mol. The summed E-state index contributed by atoms with van der Waals surface area (Å²) in [6, 6.07) is 27.1. The molecule has 1 N–H and O–H groups in total. The number of nitrogens with one attached hydrogen (secondary N) is 1. The number of hydrazone groups is 1. The molecule has 188 valence electrons. The van der Waals surface area contributed by atoms with Gasteiger partial charge in [-0.25, -0.2) is 5.43 Å². The third-order valence-electron chi connectivity index (χ3n) is 7.19. The molecule has 1 heterocycles. The highest BCUT2D eigenvalue weighted by Gasteiger charge is 2.19. The number of hydrogen-bond donors (Lipinski definition) is 1. The van der Waals surface area contributed by atoms with E-state index >= 15 is 0 Å². The van der Waals surface area contributed by atoms with E-state index in [9.17, 15) is 4.79 Å². The topological polar surface area (TPSA) is 44.7 Å². The number of rotatable bonds is 7. The van der Waals surface area contributed by atoms with Crippen LogP contribution in [-0.2, 0) is 18.4 Å². The molecule has 1 fully saturated rings. The SMILES string of the molecule is C/C(=N/NC(=O)c1ccc(CN2CCC(Cc3ccccc3)CC2)cc1)c1ccc(C(C)(C)C)cc1. The summed E-state index contributed by atoms with van der Waals surface area (Å²) in [5.74, 6) is 0.587. The maximum absolute atomic E-state index is 12.6. The van der Waals surface area contributed by atoms with Gasteiger partial charge < -0.3 is 0 Å². The molecule has 0 bridgehead atoms. The number of nitrogens with zero attached hydrogens (tertiary/aromatic N) is 2. The second-order valence-electron chi connectivity index (χ2n) is 11.1. The maximum Gasteiger partial charge on any atom is 0.271 e. The van der Waals surface area contributed by atoms with E-state index in [4.69, 9.17) is 0 Å². The molecule has 4 nitrogen and oxygen atoms in total. The summed E-state index contributed by atoms with van der Waals surface area (Å²) in [5, 5.41) is 4.32. The van der Waals surface area contributed by atoms with Crippen LogP contribution in [0.15, 0.2) is 84.0 Å². The molecule has 1 aliphatic heterocycles. The summed E-state index contributed by atoms with van der Waals surface area (Å²) in [6.45, 7) is 11.7. The van der Waals surface area contributed by atoms with Crippen LogP contribution >= 0.6 is 0 Å². The van der Waals surface area contributed by atoms with Gasteiger partial charge in [-0.1, -0.05) is 87.5 Å². The van der Waals surface area contributed by atoms with Crippen molar-refractivity contribution < 1.29 is 4.79 Å². The molecule has 0 atom stereocenters. The molecule has 4 heteroatoms. The highest BCUT2D eigenvalue weighted by molar-refractivity contribution is 6.00. The minimum atomic E-state index is -0.186. The predicted molar refractivity (Wildman–Crippen MR) is 149 cm³/mol. The van der Waals surface area contributed by atoms with E-state index < -0.39 is 0 Å². The van der Waals surface area contributed by atoms with Crippen molar-refractivity contribution in [3.8, 4) is 0 Å². The molecule has 0 saturated carbocycles. The van der Waals surface area contributed by atoms with E-state index in [1.807, 2.05) is 19.1 Å². The minimum Gasteiger partial charge on any atom is -0.299 e. The lowest BCUT2D eigenvalue weighted by Gasteiger charge is -2.32. The molecule has 0 aromatic heterocycles. The third kappa shape index (κ3) is 7.14. The van der Waals surface area contributed by atoms with Crippen molar-refractivity contribution >= 4 is 11.6 Å². The van der Waals surface area contributed by atoms with Crippen molar-refractivity contribution in [3.05, 3.63) is 107 Å². The van der Waals surface area contributed by atoms with Gasteiger partial charge in [-0.05, 0) is 85.0 Å². The Kier molecular flexibility index (Phi) is 8.37. The standard InChI is InChI=1S/C32H39N3O/c1-24(28-14-16-30(17-15-28)32(2,3)4)33-34-31(36)29-12-10-27(11-13-29)23-35-20-18-26(19-21-35)22-25-8-6-5-7-9-25/h5-17,26H,18-23H2,1-4H3,(H,34,36)/b33-24-. The fourth-order valence-corrected chi connectivity index (χ4v) is 4.79. The second kappa shape index (κ2) is 11.7. The number of piperidine rings is 1. The van der Waals surface area contributed by atoms with Crippen LogP contribution in [0, 0.1) is 5.92 Å². The van der Waals surface area contributed by atoms with Gasteiger partial charge in [0.1, 0.15) is 0 Å². The van der Waals surface area contributed by atoms with Gasteiger partial charge in [0.15, 0.2) is 0 Å². The first-order chi connectivity index (χ1) is 17.3. The lowest BCUT2D eigenvalue weighted by molar-refractivity contribution is 0.0955. The van der Waals surface area contributed by atoms with Gasteiger partial charge in [0.05, 0.1) is 5.71 Å². The summed E-state index contributed by atoms with van der Waals surface area (Å²) in [4.78, 5) is 15.1. The van der Waals surface area contributed by atoms with Gasteiger partial charge in [-0.2, -0.15) is 5.10 Å². The number of amides is 1. The Morgan fingerprint density at radius 2 is 1.47 bits per heavy atom. The van der Waals surface area contributed by atoms with Crippen molar-refractivity contribution in [2.24, 2.45) is 11.0 Å². The summed E-state index contributed by atoms with van der Waals surface area (Å²) < 4.78 is 0. The summed E-state index contributed by atoms with van der Waals surface area (Å²) in [6.07, 6.45) is 3.67. The van der Waals surface area contributed by atoms with Gasteiger partial charge in [0, 0.05) is 12.1 Å². The summed E-state index contributed by atoms with van der Waals surface area (Å²) in [5.41, 5.74) is 9.21. The average Bonchev–Trinajstić information content (AvgIpc) is 2.89. The Morgan fingerprint density at radius 1 is 0.861 bits per heavy atom. The monoisotopic (exact) mass is 481 g/mol. The molecule has 36 heavy (non-hydrogen) atoms. The first kappa shape index (κ1) is 25.8. The second-order valence-corrected chi connectivity index (χ2v) is 11.1. The van der Waals surface area contributed by atoms with Crippen molar-refractivity contribution in [3.63, 3.8) is 0 Å². The van der Waals surface area contributed by atoms with Gasteiger partial charge in [-0.15, -0.1) is 0 Å². The molecular weight excluding hydrogens is 442 g/mol. The molecule has 0 unspecified atom stereocenters. The fraction of sp³-hybridized carbons (Fsp3) is 0.375. The zero-order valence-electron chi connectivity index (χ0n) is 22.1. The third-order valence-corrected chi connectivity index (χ3v) is 7.19. The van der Waals surface area contributed by atoms with Crippen molar-refractivity contribution in [1.82, 2.24) is 10.3 Å². The Balaban J connectivity index is 1.25. The Morgan fingerprint density at radius 3 is 2.08 bits per heavy atom. The molecule has 3 aromatic carbocycles. The molecule has 0 radical (unpaired) electrons. The molecule has 1 amide bonds. The molecule has 1 saturated heterocycles. The van der Waals surface area contributed by atoms with Crippen LogP contribution < -0.4 is 5.43 Å². The van der Waals surface area contributed by atoms with E-state index in [1.165, 1.54) is 36.0 Å². The maximum atomic E-state index is 12.6. The number of hydrogen-bond acceptors (Lipinski definition) is 3. The largest absolute Gasteiger partial charge is 0.299 e. The van der Waals surface area contributed by atoms with Crippen LogP contribution in [-0.4, -0.2) is 29.6 Å². The Hall–Kier alpha value is -3.24. The van der Waals surface area contributed by atoms with Gasteiger partial charge in [0.2, 0.25) is 0 Å². The molecule has 3 aromatic rings. The number of likely N-dealkylation sites (tertiary alicyclic amines) is 1. The number of carbonyl (C=O) groups is 1. The van der Waals surface area contributed by atoms with E-state index in [-0.39, 0.29) is 11.3 Å².